The van der Waals surface area contributed by atoms with Crippen molar-refractivity contribution in [1.82, 2.24) is 5.32 Å². The van der Waals surface area contributed by atoms with Gasteiger partial charge in [0.15, 0.2) is 0 Å². The zero-order valence-corrected chi connectivity index (χ0v) is 12.5. The minimum atomic E-state index is -0.349. The summed E-state index contributed by atoms with van der Waals surface area (Å²) in [5.41, 5.74) is 0.853. The molecular weight excluding hydrogens is 265 g/mol. The third kappa shape index (κ3) is 5.89. The molecule has 0 bridgehead atoms. The van der Waals surface area contributed by atoms with Crippen LogP contribution in [0, 0.1) is 5.82 Å². The van der Waals surface area contributed by atoms with Gasteiger partial charge in [0, 0.05) is 19.3 Å². The van der Waals surface area contributed by atoms with Crippen LogP contribution in [0.3, 0.4) is 0 Å². The van der Waals surface area contributed by atoms with Gasteiger partial charge in [0.05, 0.1) is 5.02 Å². The highest BCUT2D eigenvalue weighted by atomic mass is 35.5. The van der Waals surface area contributed by atoms with Crippen LogP contribution in [-0.4, -0.2) is 25.8 Å². The summed E-state index contributed by atoms with van der Waals surface area (Å²) < 4.78 is 18.8. The number of halogens is 2. The molecule has 1 rings (SSSR count). The first-order valence-corrected chi connectivity index (χ1v) is 7.30. The zero-order chi connectivity index (χ0) is 14.1. The molecule has 1 aromatic carbocycles. The van der Waals surface area contributed by atoms with Gasteiger partial charge < -0.3 is 10.1 Å². The molecule has 0 amide bonds. The van der Waals surface area contributed by atoms with Crippen molar-refractivity contribution >= 4 is 11.6 Å². The molecule has 0 aliphatic heterocycles. The van der Waals surface area contributed by atoms with Crippen molar-refractivity contribution in [3.05, 3.63) is 34.6 Å². The molecule has 0 saturated heterocycles. The van der Waals surface area contributed by atoms with Gasteiger partial charge in [0.2, 0.25) is 0 Å². The first-order chi connectivity index (χ1) is 9.19. The Labute approximate surface area is 120 Å². The van der Waals surface area contributed by atoms with Crippen LogP contribution >= 0.6 is 11.6 Å². The molecule has 108 valence electrons. The highest BCUT2D eigenvalue weighted by Gasteiger charge is 2.13. The van der Waals surface area contributed by atoms with Gasteiger partial charge in [-0.05, 0) is 44.4 Å². The van der Waals surface area contributed by atoms with E-state index < -0.39 is 0 Å². The van der Waals surface area contributed by atoms with E-state index in [1.807, 2.05) is 13.0 Å². The van der Waals surface area contributed by atoms with Gasteiger partial charge in [0.1, 0.15) is 5.82 Å². The van der Waals surface area contributed by atoms with E-state index in [2.05, 4.69) is 12.2 Å². The lowest BCUT2D eigenvalue weighted by Crippen LogP contribution is -2.33. The molecule has 1 unspecified atom stereocenters. The fourth-order valence-electron chi connectivity index (χ4n) is 1.97. The fraction of sp³-hybridized carbons (Fsp3) is 0.600. The lowest BCUT2D eigenvalue weighted by molar-refractivity contribution is 0.136. The second-order valence-corrected chi connectivity index (χ2v) is 4.93. The van der Waals surface area contributed by atoms with E-state index in [0.29, 0.717) is 6.61 Å². The summed E-state index contributed by atoms with van der Waals surface area (Å²) in [7, 11) is 0. The fourth-order valence-corrected chi connectivity index (χ4v) is 2.17. The van der Waals surface area contributed by atoms with Crippen molar-refractivity contribution < 1.29 is 9.13 Å². The number of hydrogen-bond donors (Lipinski definition) is 1. The van der Waals surface area contributed by atoms with Crippen LogP contribution in [0.4, 0.5) is 4.39 Å². The zero-order valence-electron chi connectivity index (χ0n) is 11.7. The van der Waals surface area contributed by atoms with Crippen LogP contribution in [0.2, 0.25) is 5.02 Å². The molecule has 19 heavy (non-hydrogen) atoms. The number of rotatable bonds is 9. The molecule has 0 heterocycles. The van der Waals surface area contributed by atoms with E-state index in [1.165, 1.54) is 6.07 Å². The molecule has 1 N–H and O–H groups in total. The molecule has 0 aromatic heterocycles. The van der Waals surface area contributed by atoms with Crippen molar-refractivity contribution in [1.29, 1.82) is 0 Å². The van der Waals surface area contributed by atoms with Crippen molar-refractivity contribution in [2.75, 3.05) is 19.8 Å². The molecule has 1 atom stereocenters. The quantitative estimate of drug-likeness (QED) is 0.697. The van der Waals surface area contributed by atoms with Crippen molar-refractivity contribution in [3.8, 4) is 0 Å². The van der Waals surface area contributed by atoms with Gasteiger partial charge >= 0.3 is 0 Å². The summed E-state index contributed by atoms with van der Waals surface area (Å²) >= 11 is 6.00. The normalized spacial score (nSPS) is 12.6. The highest BCUT2D eigenvalue weighted by Crippen LogP contribution is 2.21. The summed E-state index contributed by atoms with van der Waals surface area (Å²) in [6, 6.07) is 5.24. The average molecular weight is 288 g/mol. The number of ether oxygens (including phenoxy) is 1. The predicted octanol–water partition coefficient (Wildman–Crippen LogP) is 3.82. The van der Waals surface area contributed by atoms with Crippen molar-refractivity contribution in [2.24, 2.45) is 0 Å². The van der Waals surface area contributed by atoms with E-state index in [9.17, 15) is 4.39 Å². The SMILES string of the molecule is CCCNC(CCOCC)Cc1cccc(F)c1Cl. The highest BCUT2D eigenvalue weighted by molar-refractivity contribution is 6.31. The Bertz CT molecular complexity index is 373. The van der Waals surface area contributed by atoms with Gasteiger partial charge in [-0.1, -0.05) is 30.7 Å². The average Bonchev–Trinajstić information content (AvgIpc) is 2.41. The largest absolute Gasteiger partial charge is 0.382 e. The smallest absolute Gasteiger partial charge is 0.142 e. The molecule has 0 aliphatic carbocycles. The van der Waals surface area contributed by atoms with E-state index in [4.69, 9.17) is 16.3 Å². The van der Waals surface area contributed by atoms with Gasteiger partial charge in [-0.3, -0.25) is 0 Å². The summed E-state index contributed by atoms with van der Waals surface area (Å²) in [6.07, 6.45) is 2.70. The van der Waals surface area contributed by atoms with Crippen LogP contribution in [0.1, 0.15) is 32.3 Å². The molecule has 4 heteroatoms. The van der Waals surface area contributed by atoms with Crippen LogP contribution < -0.4 is 5.32 Å². The summed E-state index contributed by atoms with van der Waals surface area (Å²) in [5, 5.41) is 3.70. The minimum absolute atomic E-state index is 0.238. The molecule has 0 aliphatic rings. The third-order valence-corrected chi connectivity index (χ3v) is 3.42. The number of hydrogen-bond acceptors (Lipinski definition) is 2. The van der Waals surface area contributed by atoms with E-state index in [-0.39, 0.29) is 16.9 Å². The van der Waals surface area contributed by atoms with Crippen molar-refractivity contribution in [3.63, 3.8) is 0 Å². The first-order valence-electron chi connectivity index (χ1n) is 6.93. The standard InChI is InChI=1S/C15H23ClFNO/c1-3-9-18-13(8-10-19-4-2)11-12-6-5-7-14(17)15(12)16/h5-7,13,18H,3-4,8-11H2,1-2H3. The number of benzene rings is 1. The summed E-state index contributed by atoms with van der Waals surface area (Å²) in [5.74, 6) is -0.349. The summed E-state index contributed by atoms with van der Waals surface area (Å²) in [4.78, 5) is 0. The van der Waals surface area contributed by atoms with Gasteiger partial charge in [-0.2, -0.15) is 0 Å². The van der Waals surface area contributed by atoms with E-state index in [1.54, 1.807) is 6.07 Å². The van der Waals surface area contributed by atoms with Crippen LogP contribution in [0.25, 0.3) is 0 Å². The molecule has 0 saturated carbocycles. The van der Waals surface area contributed by atoms with Crippen LogP contribution in [0.15, 0.2) is 18.2 Å². The van der Waals surface area contributed by atoms with E-state index in [0.717, 1.165) is 38.0 Å². The Morgan fingerprint density at radius 3 is 2.84 bits per heavy atom. The predicted molar refractivity (Wildman–Crippen MR) is 78.3 cm³/mol. The van der Waals surface area contributed by atoms with E-state index >= 15 is 0 Å². The molecular formula is C15H23ClFNO. The number of nitrogens with one attached hydrogen (secondary N) is 1. The van der Waals surface area contributed by atoms with Crippen LogP contribution in [0.5, 0.6) is 0 Å². The third-order valence-electron chi connectivity index (χ3n) is 3.00. The minimum Gasteiger partial charge on any atom is -0.382 e. The lowest BCUT2D eigenvalue weighted by atomic mass is 10.0. The first kappa shape index (κ1) is 16.4. The Morgan fingerprint density at radius 2 is 2.16 bits per heavy atom. The van der Waals surface area contributed by atoms with Gasteiger partial charge in [0.25, 0.3) is 0 Å². The Hall–Kier alpha value is -0.640. The molecule has 0 radical (unpaired) electrons. The second kappa shape index (κ2) is 9.29. The molecule has 0 spiro atoms. The maximum absolute atomic E-state index is 13.4. The monoisotopic (exact) mass is 287 g/mol. The maximum Gasteiger partial charge on any atom is 0.142 e. The summed E-state index contributed by atoms with van der Waals surface area (Å²) in [6.45, 7) is 6.50. The second-order valence-electron chi connectivity index (χ2n) is 4.55. The topological polar surface area (TPSA) is 21.3 Å². The van der Waals surface area contributed by atoms with Gasteiger partial charge in [-0.25, -0.2) is 4.39 Å². The maximum atomic E-state index is 13.4. The van der Waals surface area contributed by atoms with Crippen molar-refractivity contribution in [2.45, 2.75) is 39.2 Å². The Balaban J connectivity index is 2.61. The lowest BCUT2D eigenvalue weighted by Gasteiger charge is -2.19. The molecule has 1 aromatic rings. The molecule has 0 fully saturated rings. The molecule has 2 nitrogen and oxygen atoms in total. The Kier molecular flexibility index (Phi) is 8.03. The van der Waals surface area contributed by atoms with Crippen LogP contribution in [-0.2, 0) is 11.2 Å². The Morgan fingerprint density at radius 1 is 1.37 bits per heavy atom. The van der Waals surface area contributed by atoms with Gasteiger partial charge in [-0.15, -0.1) is 0 Å².